The van der Waals surface area contributed by atoms with Gasteiger partial charge in [-0.3, -0.25) is 4.79 Å². The number of aliphatic hydroxyl groups excluding tert-OH is 9. The molecule has 8 aliphatic rings. The van der Waals surface area contributed by atoms with Crippen LogP contribution >= 0.6 is 0 Å². The van der Waals surface area contributed by atoms with Gasteiger partial charge in [-0.15, -0.1) is 0 Å². The van der Waals surface area contributed by atoms with E-state index in [1.165, 1.54) is 5.57 Å². The molecular weight excluding hydrogens is 865 g/mol. The molecule has 66 heavy (non-hydrogen) atoms. The molecule has 9 N–H and O–H groups in total. The van der Waals surface area contributed by atoms with Crippen LogP contribution in [0.4, 0.5) is 0 Å². The lowest BCUT2D eigenvalue weighted by molar-refractivity contribution is -0.357. The van der Waals surface area contributed by atoms with E-state index in [2.05, 4.69) is 54.5 Å². The zero-order valence-electron chi connectivity index (χ0n) is 39.7. The monoisotopic (exact) mass is 941 g/mol. The Labute approximate surface area is 386 Å². The maximum absolute atomic E-state index is 14.7. The molecule has 0 radical (unpaired) electrons. The summed E-state index contributed by atoms with van der Waals surface area (Å²) in [6.45, 7) is 15.0. The molecule has 376 valence electrons. The second-order valence-corrected chi connectivity index (χ2v) is 23.2. The van der Waals surface area contributed by atoms with Gasteiger partial charge in [0, 0.05) is 0 Å². The van der Waals surface area contributed by atoms with Crippen molar-refractivity contribution in [2.45, 2.75) is 205 Å². The smallest absolute Gasteiger partial charge is 0.337 e. The third kappa shape index (κ3) is 7.83. The Kier molecular flexibility index (Phi) is 13.6. The lowest BCUT2D eigenvalue weighted by Gasteiger charge is -2.71. The van der Waals surface area contributed by atoms with Crippen LogP contribution in [0.1, 0.15) is 113 Å². The van der Waals surface area contributed by atoms with Gasteiger partial charge >= 0.3 is 11.9 Å². The Morgan fingerprint density at radius 3 is 2.08 bits per heavy atom. The number of allylic oxidation sites excluding steroid dienone is 2. The van der Waals surface area contributed by atoms with Crippen molar-refractivity contribution in [1.29, 1.82) is 0 Å². The summed E-state index contributed by atoms with van der Waals surface area (Å²) in [5.41, 5.74) is -0.749. The summed E-state index contributed by atoms with van der Waals surface area (Å²) in [6.07, 6.45) is -12.7. The van der Waals surface area contributed by atoms with Crippen molar-refractivity contribution in [2.75, 3.05) is 20.3 Å². The van der Waals surface area contributed by atoms with Crippen LogP contribution in [0.2, 0.25) is 0 Å². The van der Waals surface area contributed by atoms with E-state index < -0.39 is 121 Å². The maximum Gasteiger partial charge on any atom is 0.337 e. The number of carbonyl (C=O) groups is 2. The molecule has 0 aromatic heterocycles. The number of hydrogen-bond donors (Lipinski definition) is 9. The van der Waals surface area contributed by atoms with Crippen LogP contribution in [0, 0.1) is 50.2 Å². The Bertz CT molecular complexity index is 1840. The second kappa shape index (κ2) is 17.8. The highest BCUT2D eigenvalue weighted by Gasteiger charge is 2.70. The van der Waals surface area contributed by atoms with Gasteiger partial charge in [-0.1, -0.05) is 60.1 Å². The molecule has 0 bridgehead atoms. The Morgan fingerprint density at radius 2 is 1.39 bits per heavy atom. The van der Waals surface area contributed by atoms with E-state index in [0.717, 1.165) is 52.1 Å². The molecule has 7 fully saturated rings. The summed E-state index contributed by atoms with van der Waals surface area (Å²) in [6, 6.07) is 0. The quantitative estimate of drug-likeness (QED) is 0.0931. The van der Waals surface area contributed by atoms with Crippen molar-refractivity contribution in [1.82, 2.24) is 0 Å². The Hall–Kier alpha value is -1.88. The molecule has 5 aliphatic carbocycles. The average Bonchev–Trinajstić information content (AvgIpc) is 3.26. The molecular formula is C48H76O18. The van der Waals surface area contributed by atoms with Crippen LogP contribution < -0.4 is 0 Å². The van der Waals surface area contributed by atoms with E-state index in [9.17, 15) is 55.5 Å². The molecule has 3 saturated heterocycles. The second-order valence-electron chi connectivity index (χ2n) is 23.2. The molecule has 3 heterocycles. The molecule has 18 heteroatoms. The van der Waals surface area contributed by atoms with Gasteiger partial charge in [0.1, 0.15) is 61.0 Å². The summed E-state index contributed by atoms with van der Waals surface area (Å²) in [7, 11) is 1.13. The first-order valence-electron chi connectivity index (χ1n) is 24.1. The molecule has 8 rings (SSSR count). The standard InChI is InChI=1S/C48H76O18/c1-43(2)15-17-48(42(59)66-40-33(55)31(53)30(52)25(20-49)62-40)18-16-46(6)22(23(48)19-43)9-10-27-45(5)13-12-28(44(3,4)26(45)11-14-47(27,46)7)63-41-35(57)36(34(56)37(65-41)38(58)60-8)64-39-32(54)29(51)24(50)21-61-39/h9,23-37,39-41,49-57H,10-21H2,1-8H3. The lowest BCUT2D eigenvalue weighted by Crippen LogP contribution is -2.67. The number of methoxy groups -OCH3 is 1. The number of ether oxygens (including phenoxy) is 7. The summed E-state index contributed by atoms with van der Waals surface area (Å²) in [4.78, 5) is 27.6. The van der Waals surface area contributed by atoms with Crippen molar-refractivity contribution >= 4 is 11.9 Å². The van der Waals surface area contributed by atoms with Crippen LogP contribution in [-0.4, -0.2) is 170 Å². The zero-order valence-corrected chi connectivity index (χ0v) is 39.7. The van der Waals surface area contributed by atoms with Crippen molar-refractivity contribution in [2.24, 2.45) is 50.2 Å². The Morgan fingerprint density at radius 1 is 0.712 bits per heavy atom. The molecule has 0 aromatic rings. The van der Waals surface area contributed by atoms with E-state index in [4.69, 9.17) is 33.2 Å². The predicted molar refractivity (Wildman–Crippen MR) is 229 cm³/mol. The summed E-state index contributed by atoms with van der Waals surface area (Å²) < 4.78 is 40.5. The summed E-state index contributed by atoms with van der Waals surface area (Å²) >= 11 is 0. The minimum absolute atomic E-state index is 0.0613. The van der Waals surface area contributed by atoms with Crippen LogP contribution in [0.15, 0.2) is 11.6 Å². The van der Waals surface area contributed by atoms with Crippen molar-refractivity contribution in [3.05, 3.63) is 11.6 Å². The molecule has 0 amide bonds. The first-order valence-corrected chi connectivity index (χ1v) is 24.1. The van der Waals surface area contributed by atoms with E-state index in [1.807, 2.05) is 0 Å². The number of esters is 2. The van der Waals surface area contributed by atoms with Crippen LogP contribution in [-0.2, 0) is 42.7 Å². The van der Waals surface area contributed by atoms with Gasteiger partial charge in [0.2, 0.25) is 6.29 Å². The number of aliphatic hydroxyl groups is 9. The fourth-order valence-corrected chi connectivity index (χ4v) is 14.9. The molecule has 18 nitrogen and oxygen atoms in total. The van der Waals surface area contributed by atoms with Crippen LogP contribution in [0.5, 0.6) is 0 Å². The van der Waals surface area contributed by atoms with E-state index in [1.54, 1.807) is 0 Å². The highest BCUT2D eigenvalue weighted by Crippen LogP contribution is 2.76. The minimum atomic E-state index is -1.77. The first kappa shape index (κ1) is 50.5. The van der Waals surface area contributed by atoms with E-state index in [-0.39, 0.29) is 46.0 Å². The number of hydrogen-bond acceptors (Lipinski definition) is 18. The van der Waals surface area contributed by atoms with Gasteiger partial charge in [-0.05, 0) is 109 Å². The van der Waals surface area contributed by atoms with Crippen LogP contribution in [0.3, 0.4) is 0 Å². The fourth-order valence-electron chi connectivity index (χ4n) is 14.9. The topological polar surface area (TPSA) is 281 Å². The highest BCUT2D eigenvalue weighted by atomic mass is 16.7. The predicted octanol–water partition coefficient (Wildman–Crippen LogP) is 0.960. The number of carbonyl (C=O) groups excluding carboxylic acids is 2. The number of fused-ring (bicyclic) bond motifs is 7. The lowest BCUT2D eigenvalue weighted by atomic mass is 9.33. The summed E-state index contributed by atoms with van der Waals surface area (Å²) in [5.74, 6) is -1.16. The molecule has 0 spiro atoms. The third-order valence-electron chi connectivity index (χ3n) is 19.1. The van der Waals surface area contributed by atoms with Gasteiger partial charge in [-0.2, -0.15) is 0 Å². The normalized spacial score (nSPS) is 52.0. The summed E-state index contributed by atoms with van der Waals surface area (Å²) in [5, 5.41) is 95.4. The molecule has 0 aromatic carbocycles. The van der Waals surface area contributed by atoms with Gasteiger partial charge in [-0.25, -0.2) is 4.79 Å². The zero-order chi connectivity index (χ0) is 48.3. The largest absolute Gasteiger partial charge is 0.467 e. The fraction of sp³-hybridized carbons (Fsp3) is 0.917. The van der Waals surface area contributed by atoms with Crippen LogP contribution in [0.25, 0.3) is 0 Å². The number of rotatable bonds is 8. The molecule has 4 saturated carbocycles. The van der Waals surface area contributed by atoms with Gasteiger partial charge < -0.3 is 79.1 Å². The molecule has 22 unspecified atom stereocenters. The van der Waals surface area contributed by atoms with Gasteiger partial charge in [0.05, 0.1) is 31.8 Å². The minimum Gasteiger partial charge on any atom is -0.467 e. The van der Waals surface area contributed by atoms with Crippen molar-refractivity contribution < 1.29 is 88.7 Å². The third-order valence-corrected chi connectivity index (χ3v) is 19.1. The average molecular weight is 941 g/mol. The highest BCUT2D eigenvalue weighted by molar-refractivity contribution is 5.79. The molecule has 3 aliphatic heterocycles. The first-order chi connectivity index (χ1) is 30.8. The van der Waals surface area contributed by atoms with Crippen molar-refractivity contribution in [3.8, 4) is 0 Å². The van der Waals surface area contributed by atoms with E-state index in [0.29, 0.717) is 19.3 Å². The maximum atomic E-state index is 14.7. The van der Waals surface area contributed by atoms with Crippen molar-refractivity contribution in [3.63, 3.8) is 0 Å². The van der Waals surface area contributed by atoms with Gasteiger partial charge in [0.15, 0.2) is 18.7 Å². The SMILES string of the molecule is COC(=O)C1OC(OC2CCC3(C)C(CCC4(C)C3CC=C3C5CC(C)(C)CCC5(C(=O)OC5OC(CO)C(O)C(O)C5O)CCC34C)C2(C)C)C(O)C(OC2OCC(O)C(O)C2O)C1O. The Balaban J connectivity index is 1.03. The van der Waals surface area contributed by atoms with Gasteiger partial charge in [0.25, 0.3) is 0 Å². The molecule has 22 atom stereocenters. The van der Waals surface area contributed by atoms with E-state index >= 15 is 0 Å².